The fourth-order valence-electron chi connectivity index (χ4n) is 1.93. The molecule has 4 heteroatoms. The maximum atomic E-state index is 5.76. The number of hydrogen-bond donors (Lipinski definition) is 2. The second kappa shape index (κ2) is 3.10. The van der Waals surface area contributed by atoms with Crippen molar-refractivity contribution in [3.63, 3.8) is 0 Å². The van der Waals surface area contributed by atoms with Crippen molar-refractivity contribution >= 4 is 0 Å². The zero-order chi connectivity index (χ0) is 9.31. The molecule has 1 aromatic heterocycles. The van der Waals surface area contributed by atoms with Crippen molar-refractivity contribution in [2.24, 2.45) is 11.1 Å². The van der Waals surface area contributed by atoms with E-state index < -0.39 is 0 Å². The van der Waals surface area contributed by atoms with Crippen LogP contribution in [-0.2, 0) is 6.42 Å². The highest BCUT2D eigenvalue weighted by Gasteiger charge is 2.36. The molecule has 1 heterocycles. The van der Waals surface area contributed by atoms with Crippen LogP contribution in [0.25, 0.3) is 0 Å². The van der Waals surface area contributed by atoms with E-state index in [1.54, 1.807) is 0 Å². The van der Waals surface area contributed by atoms with E-state index in [4.69, 9.17) is 5.73 Å². The molecule has 4 nitrogen and oxygen atoms in total. The first-order valence-corrected chi connectivity index (χ1v) is 4.82. The van der Waals surface area contributed by atoms with Crippen LogP contribution in [-0.4, -0.2) is 21.7 Å². The number of rotatable bonds is 3. The summed E-state index contributed by atoms with van der Waals surface area (Å²) in [6.45, 7) is 2.69. The Morgan fingerprint density at radius 3 is 2.69 bits per heavy atom. The summed E-state index contributed by atoms with van der Waals surface area (Å²) < 4.78 is 0. The summed E-state index contributed by atoms with van der Waals surface area (Å²) in [6.07, 6.45) is 4.71. The Kier molecular flexibility index (Phi) is 2.07. The molecule has 1 aromatic rings. The molecule has 0 aliphatic heterocycles. The molecule has 0 radical (unpaired) electrons. The SMILES string of the molecule is Cc1nc(CC2(CN)CCC2)n[nH]1. The smallest absolute Gasteiger partial charge is 0.151 e. The summed E-state index contributed by atoms with van der Waals surface area (Å²) in [4.78, 5) is 4.30. The lowest BCUT2D eigenvalue weighted by molar-refractivity contribution is 0.141. The molecule has 2 rings (SSSR count). The molecule has 1 saturated carbocycles. The monoisotopic (exact) mass is 180 g/mol. The normalized spacial score (nSPS) is 19.8. The topological polar surface area (TPSA) is 67.6 Å². The van der Waals surface area contributed by atoms with Gasteiger partial charge in [-0.25, -0.2) is 4.98 Å². The van der Waals surface area contributed by atoms with Gasteiger partial charge in [0.15, 0.2) is 5.82 Å². The number of nitrogens with two attached hydrogens (primary N) is 1. The quantitative estimate of drug-likeness (QED) is 0.722. The van der Waals surface area contributed by atoms with Crippen LogP contribution in [0, 0.1) is 12.3 Å². The van der Waals surface area contributed by atoms with Crippen molar-refractivity contribution in [2.45, 2.75) is 32.6 Å². The van der Waals surface area contributed by atoms with E-state index in [2.05, 4.69) is 15.2 Å². The summed E-state index contributed by atoms with van der Waals surface area (Å²) in [6, 6.07) is 0. The van der Waals surface area contributed by atoms with Gasteiger partial charge in [-0.3, -0.25) is 5.10 Å². The summed E-state index contributed by atoms with van der Waals surface area (Å²) in [5.41, 5.74) is 6.07. The third kappa shape index (κ3) is 1.58. The van der Waals surface area contributed by atoms with E-state index >= 15 is 0 Å². The number of hydrogen-bond acceptors (Lipinski definition) is 3. The molecule has 3 N–H and O–H groups in total. The Morgan fingerprint density at radius 2 is 2.31 bits per heavy atom. The Labute approximate surface area is 77.9 Å². The van der Waals surface area contributed by atoms with Gasteiger partial charge in [-0.15, -0.1) is 0 Å². The minimum Gasteiger partial charge on any atom is -0.330 e. The van der Waals surface area contributed by atoms with Crippen LogP contribution >= 0.6 is 0 Å². The maximum Gasteiger partial charge on any atom is 0.151 e. The Morgan fingerprint density at radius 1 is 1.54 bits per heavy atom. The van der Waals surface area contributed by atoms with Crippen molar-refractivity contribution in [1.29, 1.82) is 0 Å². The number of aromatic amines is 1. The lowest BCUT2D eigenvalue weighted by atomic mass is 9.66. The first kappa shape index (κ1) is 8.69. The predicted octanol–water partition coefficient (Wildman–Crippen LogP) is 0.785. The van der Waals surface area contributed by atoms with E-state index in [1.165, 1.54) is 19.3 Å². The molecule has 72 valence electrons. The summed E-state index contributed by atoms with van der Waals surface area (Å²) in [5.74, 6) is 1.81. The summed E-state index contributed by atoms with van der Waals surface area (Å²) in [5, 5.41) is 7.00. The van der Waals surface area contributed by atoms with Crippen molar-refractivity contribution in [3.8, 4) is 0 Å². The number of nitrogens with one attached hydrogen (secondary N) is 1. The standard InChI is InChI=1S/C9H16N4/c1-7-11-8(13-12-7)5-9(6-10)3-2-4-9/h2-6,10H2,1H3,(H,11,12,13). The summed E-state index contributed by atoms with van der Waals surface area (Å²) in [7, 11) is 0. The van der Waals surface area contributed by atoms with Crippen molar-refractivity contribution in [3.05, 3.63) is 11.6 Å². The Hall–Kier alpha value is -0.900. The molecule has 0 saturated heterocycles. The lowest BCUT2D eigenvalue weighted by Gasteiger charge is -2.40. The van der Waals surface area contributed by atoms with E-state index in [1.807, 2.05) is 6.92 Å². The van der Waals surface area contributed by atoms with E-state index in [-0.39, 0.29) is 0 Å². The molecular weight excluding hydrogens is 164 g/mol. The average Bonchev–Trinajstić information content (AvgIpc) is 2.44. The molecule has 1 aliphatic rings. The lowest BCUT2D eigenvalue weighted by Crippen LogP contribution is -2.39. The number of aryl methyl sites for hydroxylation is 1. The van der Waals surface area contributed by atoms with E-state index in [9.17, 15) is 0 Å². The second-order valence-electron chi connectivity index (χ2n) is 4.07. The van der Waals surface area contributed by atoms with E-state index in [0.29, 0.717) is 5.41 Å². The molecule has 0 aromatic carbocycles. The van der Waals surface area contributed by atoms with Gasteiger partial charge in [0.05, 0.1) is 0 Å². The highest BCUT2D eigenvalue weighted by Crippen LogP contribution is 2.42. The van der Waals surface area contributed by atoms with Gasteiger partial charge in [-0.1, -0.05) is 6.42 Å². The molecular formula is C9H16N4. The van der Waals surface area contributed by atoms with Gasteiger partial charge in [0, 0.05) is 6.42 Å². The van der Waals surface area contributed by atoms with Crippen molar-refractivity contribution < 1.29 is 0 Å². The molecule has 13 heavy (non-hydrogen) atoms. The molecule has 0 bridgehead atoms. The van der Waals surface area contributed by atoms with Crippen LogP contribution in [0.3, 0.4) is 0 Å². The van der Waals surface area contributed by atoms with Gasteiger partial charge in [0.25, 0.3) is 0 Å². The van der Waals surface area contributed by atoms with Crippen LogP contribution in [0.5, 0.6) is 0 Å². The van der Waals surface area contributed by atoms with Crippen LogP contribution in [0.4, 0.5) is 0 Å². The number of aromatic nitrogens is 3. The fraction of sp³-hybridized carbons (Fsp3) is 0.778. The molecule has 1 fully saturated rings. The number of H-pyrrole nitrogens is 1. The first-order chi connectivity index (χ1) is 6.24. The summed E-state index contributed by atoms with van der Waals surface area (Å²) >= 11 is 0. The van der Waals surface area contributed by atoms with E-state index in [0.717, 1.165) is 24.6 Å². The van der Waals surface area contributed by atoms with Gasteiger partial charge >= 0.3 is 0 Å². The third-order valence-electron chi connectivity index (χ3n) is 3.02. The molecule has 1 aliphatic carbocycles. The average molecular weight is 180 g/mol. The van der Waals surface area contributed by atoms with Gasteiger partial charge in [-0.05, 0) is 31.7 Å². The van der Waals surface area contributed by atoms with Crippen LogP contribution in [0.15, 0.2) is 0 Å². The minimum absolute atomic E-state index is 0.314. The maximum absolute atomic E-state index is 5.76. The van der Waals surface area contributed by atoms with Gasteiger partial charge < -0.3 is 5.73 Å². The zero-order valence-electron chi connectivity index (χ0n) is 8.01. The first-order valence-electron chi connectivity index (χ1n) is 4.82. The number of nitrogens with zero attached hydrogens (tertiary/aromatic N) is 2. The van der Waals surface area contributed by atoms with Gasteiger partial charge in [0.2, 0.25) is 0 Å². The zero-order valence-corrected chi connectivity index (χ0v) is 8.01. The largest absolute Gasteiger partial charge is 0.330 e. The molecule has 0 amide bonds. The highest BCUT2D eigenvalue weighted by atomic mass is 15.2. The van der Waals surface area contributed by atoms with Gasteiger partial charge in [0.1, 0.15) is 5.82 Å². The predicted molar refractivity (Wildman–Crippen MR) is 50.2 cm³/mol. The van der Waals surface area contributed by atoms with Crippen molar-refractivity contribution in [1.82, 2.24) is 15.2 Å². The Balaban J connectivity index is 2.04. The van der Waals surface area contributed by atoms with Crippen LogP contribution < -0.4 is 5.73 Å². The highest BCUT2D eigenvalue weighted by molar-refractivity contribution is 4.99. The third-order valence-corrected chi connectivity index (χ3v) is 3.02. The fourth-order valence-corrected chi connectivity index (χ4v) is 1.93. The minimum atomic E-state index is 0.314. The molecule has 0 spiro atoms. The van der Waals surface area contributed by atoms with Crippen LogP contribution in [0.2, 0.25) is 0 Å². The van der Waals surface area contributed by atoms with Crippen LogP contribution in [0.1, 0.15) is 30.9 Å². The van der Waals surface area contributed by atoms with Crippen molar-refractivity contribution in [2.75, 3.05) is 6.54 Å². The Bertz CT molecular complexity index is 282. The molecule has 0 atom stereocenters. The molecule has 0 unspecified atom stereocenters. The van der Waals surface area contributed by atoms with Gasteiger partial charge in [-0.2, -0.15) is 5.10 Å². The second-order valence-corrected chi connectivity index (χ2v) is 4.07.